The summed E-state index contributed by atoms with van der Waals surface area (Å²) < 4.78 is 5.41. The van der Waals surface area contributed by atoms with Crippen molar-refractivity contribution in [1.29, 1.82) is 0 Å². The van der Waals surface area contributed by atoms with Crippen LogP contribution >= 0.6 is 0 Å². The topological polar surface area (TPSA) is 124 Å². The summed E-state index contributed by atoms with van der Waals surface area (Å²) in [6.07, 6.45) is 13.3. The molecule has 0 fully saturated rings. The number of H-pyrrole nitrogens is 1. The van der Waals surface area contributed by atoms with E-state index < -0.39 is 5.41 Å². The van der Waals surface area contributed by atoms with E-state index in [9.17, 15) is 4.79 Å². The maximum Gasteiger partial charge on any atom is 0.335 e. The van der Waals surface area contributed by atoms with E-state index in [4.69, 9.17) is 0 Å². The number of aromatic nitrogens is 9. The molecule has 11 nitrogen and oxygen atoms in total. The molecule has 0 spiro atoms. The SMILES string of the molecule is CCCc1cn(-c2nncn2CC(C)C)c(=O)n1CC1(c2cccc(-c3nn[nH]n3)c2)C=CNC=C1. The van der Waals surface area contributed by atoms with Crippen molar-refractivity contribution in [3.8, 4) is 17.3 Å². The van der Waals surface area contributed by atoms with Crippen LogP contribution in [-0.2, 0) is 24.9 Å². The molecule has 36 heavy (non-hydrogen) atoms. The summed E-state index contributed by atoms with van der Waals surface area (Å²) in [6.45, 7) is 7.52. The molecule has 0 unspecified atom stereocenters. The summed E-state index contributed by atoms with van der Waals surface area (Å²) >= 11 is 0. The fourth-order valence-corrected chi connectivity index (χ4v) is 4.64. The van der Waals surface area contributed by atoms with E-state index in [0.29, 0.717) is 24.2 Å². The lowest BCUT2D eigenvalue weighted by molar-refractivity contribution is 0.492. The lowest BCUT2D eigenvalue weighted by Gasteiger charge is -2.31. The van der Waals surface area contributed by atoms with Crippen LogP contribution in [0.3, 0.4) is 0 Å². The van der Waals surface area contributed by atoms with E-state index in [1.807, 2.05) is 45.9 Å². The van der Waals surface area contributed by atoms with E-state index in [0.717, 1.165) is 36.2 Å². The van der Waals surface area contributed by atoms with Gasteiger partial charge in [-0.1, -0.05) is 57.5 Å². The zero-order valence-corrected chi connectivity index (χ0v) is 20.7. The maximum atomic E-state index is 13.9. The first-order chi connectivity index (χ1) is 17.5. The number of aryl methyl sites for hydroxylation is 1. The third-order valence-corrected chi connectivity index (χ3v) is 6.32. The van der Waals surface area contributed by atoms with Gasteiger partial charge in [-0.25, -0.2) is 9.36 Å². The summed E-state index contributed by atoms with van der Waals surface area (Å²) in [4.78, 5) is 13.9. The van der Waals surface area contributed by atoms with Crippen molar-refractivity contribution < 1.29 is 0 Å². The van der Waals surface area contributed by atoms with Crippen LogP contribution in [0.25, 0.3) is 17.3 Å². The molecule has 0 atom stereocenters. The second kappa shape index (κ2) is 9.76. The first kappa shape index (κ1) is 23.5. The van der Waals surface area contributed by atoms with E-state index in [-0.39, 0.29) is 5.69 Å². The van der Waals surface area contributed by atoms with Crippen LogP contribution in [-0.4, -0.2) is 44.5 Å². The molecular formula is C25H30N10O. The second-order valence-electron chi connectivity index (χ2n) is 9.48. The number of tetrazole rings is 1. The minimum Gasteiger partial charge on any atom is -0.368 e. The number of imidazole rings is 1. The van der Waals surface area contributed by atoms with Crippen LogP contribution in [0, 0.1) is 5.92 Å². The van der Waals surface area contributed by atoms with Crippen LogP contribution in [0.15, 0.2) is 66.1 Å². The lowest BCUT2D eigenvalue weighted by Crippen LogP contribution is -2.36. The van der Waals surface area contributed by atoms with Crippen molar-refractivity contribution in [3.05, 3.63) is 83.1 Å². The smallest absolute Gasteiger partial charge is 0.335 e. The Labute approximate surface area is 208 Å². The predicted octanol–water partition coefficient (Wildman–Crippen LogP) is 2.59. The summed E-state index contributed by atoms with van der Waals surface area (Å²) in [5, 5.41) is 25.9. The third kappa shape index (κ3) is 4.39. The molecule has 4 heterocycles. The van der Waals surface area contributed by atoms with E-state index in [1.54, 1.807) is 10.9 Å². The normalized spacial score (nSPS) is 14.4. The summed E-state index contributed by atoms with van der Waals surface area (Å²) in [5.74, 6) is 1.45. The van der Waals surface area contributed by atoms with Gasteiger partial charge in [0.1, 0.15) is 6.33 Å². The molecule has 0 aliphatic carbocycles. The molecule has 1 aliphatic rings. The zero-order valence-electron chi connectivity index (χ0n) is 20.7. The highest BCUT2D eigenvalue weighted by Crippen LogP contribution is 2.33. The third-order valence-electron chi connectivity index (χ3n) is 6.32. The molecule has 1 aromatic carbocycles. The average Bonchev–Trinajstić information content (AvgIpc) is 3.63. The van der Waals surface area contributed by atoms with Crippen molar-refractivity contribution in [2.24, 2.45) is 5.92 Å². The molecule has 11 heteroatoms. The first-order valence-electron chi connectivity index (χ1n) is 12.2. The second-order valence-corrected chi connectivity index (χ2v) is 9.48. The van der Waals surface area contributed by atoms with E-state index in [2.05, 4.69) is 75.1 Å². The van der Waals surface area contributed by atoms with Gasteiger partial charge < -0.3 is 5.32 Å². The van der Waals surface area contributed by atoms with Gasteiger partial charge in [0.25, 0.3) is 0 Å². The number of nitrogens with zero attached hydrogens (tertiary/aromatic N) is 8. The standard InChI is InChI=1S/C25H30N10O/c1-4-6-21-15-34(23-30-27-17-33(23)14-18(2)3)24(36)35(21)16-25(9-11-26-12-10-25)20-8-5-7-19(13-20)22-28-31-32-29-22/h5,7-13,15,17-18,26H,4,6,14,16H2,1-3H3,(H,28,29,31,32). The Morgan fingerprint density at radius 1 is 1.14 bits per heavy atom. The number of rotatable bonds is 9. The fourth-order valence-electron chi connectivity index (χ4n) is 4.64. The van der Waals surface area contributed by atoms with E-state index >= 15 is 0 Å². The van der Waals surface area contributed by atoms with Gasteiger partial charge in [-0.15, -0.1) is 20.4 Å². The van der Waals surface area contributed by atoms with Crippen LogP contribution in [0.1, 0.15) is 38.4 Å². The van der Waals surface area contributed by atoms with Crippen molar-refractivity contribution in [2.75, 3.05) is 0 Å². The van der Waals surface area contributed by atoms with Crippen molar-refractivity contribution in [2.45, 2.75) is 52.1 Å². The van der Waals surface area contributed by atoms with Crippen molar-refractivity contribution >= 4 is 0 Å². The van der Waals surface area contributed by atoms with Crippen LogP contribution in [0.2, 0.25) is 0 Å². The predicted molar refractivity (Wildman–Crippen MR) is 135 cm³/mol. The number of hydrogen-bond donors (Lipinski definition) is 2. The Balaban J connectivity index is 1.60. The monoisotopic (exact) mass is 486 g/mol. The van der Waals surface area contributed by atoms with Gasteiger partial charge >= 0.3 is 5.69 Å². The molecule has 5 rings (SSSR count). The Hall–Kier alpha value is -4.28. The average molecular weight is 487 g/mol. The Morgan fingerprint density at radius 2 is 1.97 bits per heavy atom. The Bertz CT molecular complexity index is 1430. The number of nitrogens with one attached hydrogen (secondary N) is 2. The Morgan fingerprint density at radius 3 is 2.69 bits per heavy atom. The van der Waals surface area contributed by atoms with Gasteiger partial charge in [0.15, 0.2) is 0 Å². The number of aromatic amines is 1. The minimum atomic E-state index is -0.560. The summed E-state index contributed by atoms with van der Waals surface area (Å²) in [5.41, 5.74) is 2.13. The number of benzene rings is 1. The van der Waals surface area contributed by atoms with Gasteiger partial charge in [-0.05, 0) is 41.6 Å². The zero-order chi connectivity index (χ0) is 25.1. The Kier molecular flexibility index (Phi) is 6.36. The molecule has 186 valence electrons. The highest BCUT2D eigenvalue weighted by molar-refractivity contribution is 5.57. The molecule has 0 saturated carbocycles. The van der Waals surface area contributed by atoms with Crippen LogP contribution in [0.5, 0.6) is 0 Å². The van der Waals surface area contributed by atoms with Gasteiger partial charge in [-0.2, -0.15) is 5.21 Å². The van der Waals surface area contributed by atoms with Gasteiger partial charge in [0.2, 0.25) is 11.8 Å². The molecule has 3 aromatic heterocycles. The van der Waals surface area contributed by atoms with Crippen LogP contribution < -0.4 is 11.0 Å². The number of allylic oxidation sites excluding steroid dienone is 2. The highest BCUT2D eigenvalue weighted by atomic mass is 16.2. The fraction of sp³-hybridized carbons (Fsp3) is 0.360. The number of dihydropyridines is 1. The van der Waals surface area contributed by atoms with Gasteiger partial charge in [-0.3, -0.25) is 9.13 Å². The van der Waals surface area contributed by atoms with Gasteiger partial charge in [0, 0.05) is 30.5 Å². The molecule has 4 aromatic rings. The van der Waals surface area contributed by atoms with E-state index in [1.165, 1.54) is 0 Å². The highest BCUT2D eigenvalue weighted by Gasteiger charge is 2.31. The molecule has 0 saturated heterocycles. The van der Waals surface area contributed by atoms with Crippen molar-refractivity contribution in [1.82, 2.24) is 49.8 Å². The maximum absolute atomic E-state index is 13.9. The molecule has 0 bridgehead atoms. The quantitative estimate of drug-likeness (QED) is 0.373. The number of hydrogen-bond acceptors (Lipinski definition) is 7. The lowest BCUT2D eigenvalue weighted by atomic mass is 9.78. The molecule has 0 radical (unpaired) electrons. The summed E-state index contributed by atoms with van der Waals surface area (Å²) in [7, 11) is 0. The molecule has 0 amide bonds. The molecular weight excluding hydrogens is 456 g/mol. The van der Waals surface area contributed by atoms with Crippen LogP contribution in [0.4, 0.5) is 0 Å². The molecule has 1 aliphatic heterocycles. The summed E-state index contributed by atoms with van der Waals surface area (Å²) in [6, 6.07) is 8.03. The largest absolute Gasteiger partial charge is 0.368 e. The molecule has 2 N–H and O–H groups in total. The van der Waals surface area contributed by atoms with Crippen molar-refractivity contribution in [3.63, 3.8) is 0 Å². The first-order valence-corrected chi connectivity index (χ1v) is 12.2. The van der Waals surface area contributed by atoms with Gasteiger partial charge in [0.05, 0.1) is 5.41 Å². The minimum absolute atomic E-state index is 0.134.